The fraction of sp³-hybridized carbons (Fsp3) is 0.750. The molecule has 0 aromatic rings. The van der Waals surface area contributed by atoms with E-state index in [1.54, 1.807) is 0 Å². The summed E-state index contributed by atoms with van der Waals surface area (Å²) in [5, 5.41) is 8.20. The molecule has 7 N–H and O–H groups in total. The molecule has 0 saturated carbocycles. The minimum Gasteiger partial charge on any atom is -0.480 e. The Kier molecular flexibility index (Phi) is 6.14. The zero-order chi connectivity index (χ0) is 9.07. The molecule has 8 heteroatoms. The second kappa shape index (κ2) is 5.23. The Labute approximate surface area is 68.7 Å². The van der Waals surface area contributed by atoms with Gasteiger partial charge in [-0.1, -0.05) is 0 Å². The number of hydrogen-bond donors (Lipinski definition) is 4. The lowest BCUT2D eigenvalue weighted by Crippen LogP contribution is -2.30. The average Bonchev–Trinajstić information content (AvgIpc) is 1.80. The SMILES string of the molecule is N[C@H](CCP(=O)(O)O)C(=O)O.O. The molecule has 0 unspecified atom stereocenters. The lowest BCUT2D eigenvalue weighted by molar-refractivity contribution is -0.138. The number of rotatable bonds is 4. The Bertz CT molecular complexity index is 188. The van der Waals surface area contributed by atoms with Crippen LogP contribution in [-0.4, -0.2) is 38.5 Å². The van der Waals surface area contributed by atoms with Gasteiger partial charge in [-0.25, -0.2) is 0 Å². The second-order valence-corrected chi connectivity index (χ2v) is 3.90. The largest absolute Gasteiger partial charge is 0.480 e. The van der Waals surface area contributed by atoms with Crippen LogP contribution in [0.4, 0.5) is 0 Å². The van der Waals surface area contributed by atoms with Crippen molar-refractivity contribution in [3.05, 3.63) is 0 Å². The van der Waals surface area contributed by atoms with Crippen LogP contribution < -0.4 is 5.73 Å². The molecular formula is C4H12NO6P. The fourth-order valence-electron chi connectivity index (χ4n) is 0.431. The van der Waals surface area contributed by atoms with E-state index in [9.17, 15) is 9.36 Å². The van der Waals surface area contributed by atoms with E-state index < -0.39 is 25.8 Å². The van der Waals surface area contributed by atoms with Gasteiger partial charge < -0.3 is 26.1 Å². The summed E-state index contributed by atoms with van der Waals surface area (Å²) in [5.41, 5.74) is 4.98. The molecule has 0 aliphatic carbocycles. The minimum atomic E-state index is -4.10. The highest BCUT2D eigenvalue weighted by Crippen LogP contribution is 2.35. The van der Waals surface area contributed by atoms with Gasteiger partial charge in [0.1, 0.15) is 6.04 Å². The Morgan fingerprint density at radius 2 is 1.92 bits per heavy atom. The monoisotopic (exact) mass is 201 g/mol. The van der Waals surface area contributed by atoms with E-state index in [-0.39, 0.29) is 11.9 Å². The molecule has 0 fully saturated rings. The Balaban J connectivity index is 0. The highest BCUT2D eigenvalue weighted by Gasteiger charge is 2.18. The van der Waals surface area contributed by atoms with Gasteiger partial charge in [-0.05, 0) is 6.42 Å². The van der Waals surface area contributed by atoms with Gasteiger partial charge in [0.25, 0.3) is 0 Å². The minimum absolute atomic E-state index is 0. The Morgan fingerprint density at radius 1 is 1.50 bits per heavy atom. The second-order valence-electron chi connectivity index (χ2n) is 2.12. The Morgan fingerprint density at radius 3 is 2.17 bits per heavy atom. The molecule has 12 heavy (non-hydrogen) atoms. The van der Waals surface area contributed by atoms with E-state index in [0.717, 1.165) is 0 Å². The van der Waals surface area contributed by atoms with Crippen molar-refractivity contribution < 1.29 is 29.7 Å². The van der Waals surface area contributed by atoms with Crippen molar-refractivity contribution in [3.8, 4) is 0 Å². The quantitative estimate of drug-likeness (QED) is 0.391. The third-order valence-electron chi connectivity index (χ3n) is 1.05. The first kappa shape index (κ1) is 14.1. The first-order valence-electron chi connectivity index (χ1n) is 2.86. The Hall–Kier alpha value is -0.460. The third kappa shape index (κ3) is 7.64. The summed E-state index contributed by atoms with van der Waals surface area (Å²) in [5.74, 6) is -1.25. The molecule has 74 valence electrons. The predicted molar refractivity (Wildman–Crippen MR) is 40.8 cm³/mol. The van der Waals surface area contributed by atoms with Crippen molar-refractivity contribution in [2.45, 2.75) is 12.5 Å². The van der Waals surface area contributed by atoms with E-state index in [2.05, 4.69) is 0 Å². The maximum absolute atomic E-state index is 10.2. The zero-order valence-electron chi connectivity index (χ0n) is 6.17. The van der Waals surface area contributed by atoms with Crippen LogP contribution in [0.3, 0.4) is 0 Å². The van der Waals surface area contributed by atoms with Crippen molar-refractivity contribution in [2.75, 3.05) is 6.16 Å². The van der Waals surface area contributed by atoms with E-state index in [1.807, 2.05) is 0 Å². The van der Waals surface area contributed by atoms with Crippen molar-refractivity contribution in [1.82, 2.24) is 0 Å². The molecule has 0 radical (unpaired) electrons. The van der Waals surface area contributed by atoms with Crippen LogP contribution in [0.1, 0.15) is 6.42 Å². The van der Waals surface area contributed by atoms with E-state index in [0.29, 0.717) is 0 Å². The van der Waals surface area contributed by atoms with Crippen molar-refractivity contribution in [2.24, 2.45) is 5.73 Å². The first-order chi connectivity index (χ1) is 4.83. The highest BCUT2D eigenvalue weighted by molar-refractivity contribution is 7.51. The molecule has 7 nitrogen and oxygen atoms in total. The molecule has 0 aliphatic rings. The summed E-state index contributed by atoms with van der Waals surface area (Å²) in [6, 6.07) is -1.19. The van der Waals surface area contributed by atoms with Crippen molar-refractivity contribution in [1.29, 1.82) is 0 Å². The van der Waals surface area contributed by atoms with Gasteiger partial charge in [0.15, 0.2) is 0 Å². The molecule has 0 aliphatic heterocycles. The summed E-state index contributed by atoms with van der Waals surface area (Å²) in [7, 11) is -4.10. The molecule has 0 spiro atoms. The zero-order valence-corrected chi connectivity index (χ0v) is 7.07. The van der Waals surface area contributed by atoms with Gasteiger partial charge >= 0.3 is 13.6 Å². The van der Waals surface area contributed by atoms with Gasteiger partial charge in [-0.3, -0.25) is 9.36 Å². The lowest BCUT2D eigenvalue weighted by Gasteiger charge is -2.06. The summed E-state index contributed by atoms with van der Waals surface area (Å²) < 4.78 is 10.2. The first-order valence-corrected chi connectivity index (χ1v) is 4.65. The topological polar surface area (TPSA) is 152 Å². The van der Waals surface area contributed by atoms with Crippen molar-refractivity contribution in [3.63, 3.8) is 0 Å². The number of carboxylic acid groups (broad SMARTS) is 1. The summed E-state index contributed by atoms with van der Waals surface area (Å²) in [6.45, 7) is 0. The van der Waals surface area contributed by atoms with Crippen LogP contribution in [0.5, 0.6) is 0 Å². The fourth-order valence-corrected chi connectivity index (χ4v) is 1.05. The van der Waals surface area contributed by atoms with Crippen LogP contribution in [0, 0.1) is 0 Å². The predicted octanol–water partition coefficient (Wildman–Crippen LogP) is -1.86. The molecule has 0 heterocycles. The van der Waals surface area contributed by atoms with Crippen LogP contribution in [0.2, 0.25) is 0 Å². The summed E-state index contributed by atoms with van der Waals surface area (Å²) in [6.07, 6.45) is -0.694. The molecule has 0 saturated heterocycles. The van der Waals surface area contributed by atoms with E-state index in [1.165, 1.54) is 0 Å². The molecular weight excluding hydrogens is 189 g/mol. The average molecular weight is 201 g/mol. The van der Waals surface area contributed by atoms with Crippen LogP contribution >= 0.6 is 7.60 Å². The number of nitrogens with two attached hydrogens (primary N) is 1. The molecule has 1 atom stereocenters. The smallest absolute Gasteiger partial charge is 0.325 e. The van der Waals surface area contributed by atoms with Crippen molar-refractivity contribution >= 4 is 13.6 Å². The number of carboxylic acids is 1. The van der Waals surface area contributed by atoms with E-state index >= 15 is 0 Å². The third-order valence-corrected chi connectivity index (χ3v) is 1.89. The highest BCUT2D eigenvalue weighted by atomic mass is 31.2. The van der Waals surface area contributed by atoms with Gasteiger partial charge in [-0.15, -0.1) is 0 Å². The number of aliphatic carboxylic acids is 1. The number of carbonyl (C=O) groups is 1. The van der Waals surface area contributed by atoms with Crippen LogP contribution in [0.15, 0.2) is 0 Å². The molecule has 0 aromatic carbocycles. The molecule has 0 aromatic heterocycles. The molecule has 0 rings (SSSR count). The summed E-state index contributed by atoms with van der Waals surface area (Å²) >= 11 is 0. The standard InChI is InChI=1S/C4H10NO5P.H2O/c5-3(4(6)7)1-2-11(8,9)10;/h3H,1-2,5H2,(H,6,7)(H2,8,9,10);1H2/t3-;/m1./s1. The van der Waals surface area contributed by atoms with Gasteiger partial charge in [0.2, 0.25) is 0 Å². The number of hydrogen-bond acceptors (Lipinski definition) is 3. The van der Waals surface area contributed by atoms with Crippen LogP contribution in [0.25, 0.3) is 0 Å². The maximum Gasteiger partial charge on any atom is 0.325 e. The van der Waals surface area contributed by atoms with Gasteiger partial charge in [-0.2, -0.15) is 0 Å². The maximum atomic E-state index is 10.2. The molecule has 0 bridgehead atoms. The van der Waals surface area contributed by atoms with E-state index in [4.69, 9.17) is 20.6 Å². The van der Waals surface area contributed by atoms with Crippen LogP contribution in [-0.2, 0) is 9.36 Å². The normalized spacial score (nSPS) is 13.2. The lowest BCUT2D eigenvalue weighted by atomic mass is 10.2. The van der Waals surface area contributed by atoms with Gasteiger partial charge in [0, 0.05) is 0 Å². The molecule has 0 amide bonds. The summed E-state index contributed by atoms with van der Waals surface area (Å²) in [4.78, 5) is 26.7. The van der Waals surface area contributed by atoms with Gasteiger partial charge in [0.05, 0.1) is 6.16 Å².